The number of carboxylic acid groups (broad SMARTS) is 1. The molecule has 6 nitrogen and oxygen atoms in total. The summed E-state index contributed by atoms with van der Waals surface area (Å²) in [6, 6.07) is 0. The summed E-state index contributed by atoms with van der Waals surface area (Å²) in [6.07, 6.45) is 2.74. The molecular formula is C16H22N2O4S. The van der Waals surface area contributed by atoms with Gasteiger partial charge in [0.15, 0.2) is 0 Å². The molecule has 1 aromatic heterocycles. The van der Waals surface area contributed by atoms with Crippen LogP contribution >= 0.6 is 11.3 Å². The van der Waals surface area contributed by atoms with Gasteiger partial charge in [-0.1, -0.05) is 13.8 Å². The lowest BCUT2D eigenvalue weighted by atomic mass is 9.88. The molecule has 0 fully saturated rings. The smallest absolute Gasteiger partial charge is 0.303 e. The molecule has 0 saturated heterocycles. The zero-order chi connectivity index (χ0) is 17.1. The van der Waals surface area contributed by atoms with E-state index in [1.807, 2.05) is 0 Å². The molecule has 1 heterocycles. The van der Waals surface area contributed by atoms with Crippen LogP contribution in [0.2, 0.25) is 0 Å². The van der Waals surface area contributed by atoms with Crippen LogP contribution in [0.4, 0.5) is 5.00 Å². The highest BCUT2D eigenvalue weighted by Crippen LogP contribution is 2.39. The summed E-state index contributed by atoms with van der Waals surface area (Å²) < 4.78 is 0. The number of nitrogens with two attached hydrogens (primary N) is 1. The number of thiophene rings is 1. The van der Waals surface area contributed by atoms with E-state index in [-0.39, 0.29) is 24.7 Å². The summed E-state index contributed by atoms with van der Waals surface area (Å²) in [5.41, 5.74) is 6.89. The summed E-state index contributed by atoms with van der Waals surface area (Å²) >= 11 is 1.41. The first-order chi connectivity index (χ1) is 10.8. The van der Waals surface area contributed by atoms with E-state index < -0.39 is 11.9 Å². The molecule has 0 bridgehead atoms. The third-order valence-electron chi connectivity index (χ3n) is 4.07. The van der Waals surface area contributed by atoms with Crippen molar-refractivity contribution < 1.29 is 19.5 Å². The molecule has 2 atom stereocenters. The largest absolute Gasteiger partial charge is 0.481 e. The number of hydrogen-bond acceptors (Lipinski definition) is 4. The molecule has 0 saturated carbocycles. The lowest BCUT2D eigenvalue weighted by Crippen LogP contribution is -2.20. The minimum Gasteiger partial charge on any atom is -0.481 e. The first-order valence-corrected chi connectivity index (χ1v) is 8.55. The van der Waals surface area contributed by atoms with Gasteiger partial charge in [-0.3, -0.25) is 14.4 Å². The quantitative estimate of drug-likeness (QED) is 0.740. The molecule has 0 aromatic carbocycles. The molecule has 0 unspecified atom stereocenters. The number of fused-ring (bicyclic) bond motifs is 1. The topological polar surface area (TPSA) is 109 Å². The maximum Gasteiger partial charge on any atom is 0.303 e. The van der Waals surface area contributed by atoms with Gasteiger partial charge < -0.3 is 16.2 Å². The number of anilines is 1. The Morgan fingerprint density at radius 1 is 1.39 bits per heavy atom. The minimum absolute atomic E-state index is 0.0610. The van der Waals surface area contributed by atoms with E-state index in [0.29, 0.717) is 16.5 Å². The maximum absolute atomic E-state index is 12.1. The normalized spacial score (nSPS) is 18.1. The molecule has 126 valence electrons. The van der Waals surface area contributed by atoms with Crippen molar-refractivity contribution in [1.82, 2.24) is 0 Å². The number of rotatable bonds is 6. The number of carbonyl (C=O) groups is 3. The molecule has 1 aliphatic carbocycles. The average molecular weight is 338 g/mol. The minimum atomic E-state index is -0.927. The lowest BCUT2D eigenvalue weighted by Gasteiger charge is -2.18. The van der Waals surface area contributed by atoms with Crippen LogP contribution < -0.4 is 11.1 Å². The average Bonchev–Trinajstić information content (AvgIpc) is 2.73. The number of amides is 2. The highest BCUT2D eigenvalue weighted by atomic mass is 32.1. The van der Waals surface area contributed by atoms with Crippen LogP contribution in [0, 0.1) is 11.8 Å². The molecule has 7 heteroatoms. The van der Waals surface area contributed by atoms with Gasteiger partial charge in [-0.05, 0) is 36.7 Å². The molecule has 0 aliphatic heterocycles. The van der Waals surface area contributed by atoms with Crippen LogP contribution in [0.1, 0.15) is 53.9 Å². The highest BCUT2D eigenvalue weighted by molar-refractivity contribution is 7.17. The third-order valence-corrected chi connectivity index (χ3v) is 5.24. The number of carbonyl (C=O) groups excluding carboxylic acids is 2. The predicted octanol–water partition coefficient (Wildman–Crippen LogP) is 2.41. The number of carboxylic acids is 1. The van der Waals surface area contributed by atoms with Gasteiger partial charge in [-0.15, -0.1) is 11.3 Å². The molecule has 1 aliphatic rings. The molecule has 2 rings (SSSR count). The van der Waals surface area contributed by atoms with Gasteiger partial charge >= 0.3 is 5.97 Å². The Labute approximate surface area is 139 Å². The number of hydrogen-bond donors (Lipinski definition) is 3. The van der Waals surface area contributed by atoms with Gasteiger partial charge in [-0.25, -0.2) is 0 Å². The van der Waals surface area contributed by atoms with Crippen LogP contribution in [0.15, 0.2) is 0 Å². The fraction of sp³-hybridized carbons (Fsp3) is 0.562. The highest BCUT2D eigenvalue weighted by Gasteiger charge is 2.27. The van der Waals surface area contributed by atoms with Crippen molar-refractivity contribution in [3.63, 3.8) is 0 Å². The van der Waals surface area contributed by atoms with Crippen molar-refractivity contribution in [2.24, 2.45) is 17.6 Å². The van der Waals surface area contributed by atoms with Crippen molar-refractivity contribution in [2.75, 3.05) is 5.32 Å². The van der Waals surface area contributed by atoms with E-state index in [2.05, 4.69) is 12.2 Å². The lowest BCUT2D eigenvalue weighted by molar-refractivity contribution is -0.138. The fourth-order valence-corrected chi connectivity index (χ4v) is 4.40. The van der Waals surface area contributed by atoms with Gasteiger partial charge in [0, 0.05) is 17.7 Å². The summed E-state index contributed by atoms with van der Waals surface area (Å²) in [5, 5.41) is 12.0. The van der Waals surface area contributed by atoms with Crippen LogP contribution in [0.25, 0.3) is 0 Å². The van der Waals surface area contributed by atoms with Gasteiger partial charge in [-0.2, -0.15) is 0 Å². The van der Waals surface area contributed by atoms with Crippen LogP contribution in [-0.2, 0) is 22.4 Å². The summed E-state index contributed by atoms with van der Waals surface area (Å²) in [6.45, 7) is 3.88. The zero-order valence-electron chi connectivity index (χ0n) is 13.3. The van der Waals surface area contributed by atoms with Gasteiger partial charge in [0.1, 0.15) is 5.00 Å². The monoisotopic (exact) mass is 338 g/mol. The van der Waals surface area contributed by atoms with Gasteiger partial charge in [0.25, 0.3) is 5.91 Å². The van der Waals surface area contributed by atoms with E-state index in [0.717, 1.165) is 29.7 Å². The van der Waals surface area contributed by atoms with Gasteiger partial charge in [0.05, 0.1) is 5.56 Å². The van der Waals surface area contributed by atoms with E-state index in [1.165, 1.54) is 11.3 Å². The Balaban J connectivity index is 2.15. The molecule has 0 spiro atoms. The van der Waals surface area contributed by atoms with E-state index >= 15 is 0 Å². The Morgan fingerprint density at radius 3 is 2.70 bits per heavy atom. The van der Waals surface area contributed by atoms with Gasteiger partial charge in [0.2, 0.25) is 5.91 Å². The second-order valence-electron chi connectivity index (χ2n) is 6.38. The van der Waals surface area contributed by atoms with Crippen molar-refractivity contribution >= 4 is 34.1 Å². The third kappa shape index (κ3) is 4.31. The van der Waals surface area contributed by atoms with E-state index in [1.54, 1.807) is 6.92 Å². The van der Waals surface area contributed by atoms with Crippen molar-refractivity contribution in [2.45, 2.75) is 46.0 Å². The maximum atomic E-state index is 12.1. The first kappa shape index (κ1) is 17.5. The summed E-state index contributed by atoms with van der Waals surface area (Å²) in [4.78, 5) is 35.7. The Morgan fingerprint density at radius 2 is 2.09 bits per heavy atom. The Hall–Kier alpha value is -1.89. The number of nitrogens with one attached hydrogen (secondary N) is 1. The van der Waals surface area contributed by atoms with Crippen LogP contribution in [0.3, 0.4) is 0 Å². The number of primary amides is 1. The molecule has 0 radical (unpaired) electrons. The summed E-state index contributed by atoms with van der Waals surface area (Å²) in [7, 11) is 0. The molecule has 4 N–H and O–H groups in total. The van der Waals surface area contributed by atoms with Crippen LogP contribution in [-0.4, -0.2) is 22.9 Å². The van der Waals surface area contributed by atoms with E-state index in [9.17, 15) is 14.4 Å². The first-order valence-electron chi connectivity index (χ1n) is 7.73. The molecule has 23 heavy (non-hydrogen) atoms. The molecule has 1 aromatic rings. The van der Waals surface area contributed by atoms with Crippen molar-refractivity contribution in [3.05, 3.63) is 16.0 Å². The summed E-state index contributed by atoms with van der Waals surface area (Å²) in [5.74, 6) is -1.44. The zero-order valence-corrected chi connectivity index (χ0v) is 14.2. The van der Waals surface area contributed by atoms with Crippen molar-refractivity contribution in [1.29, 1.82) is 0 Å². The molecule has 2 amide bonds. The molecular weight excluding hydrogens is 316 g/mol. The van der Waals surface area contributed by atoms with Crippen molar-refractivity contribution in [3.8, 4) is 0 Å². The fourth-order valence-electron chi connectivity index (χ4n) is 2.96. The Bertz CT molecular complexity index is 638. The van der Waals surface area contributed by atoms with Crippen LogP contribution in [0.5, 0.6) is 0 Å². The Kier molecular flexibility index (Phi) is 5.41. The second-order valence-corrected chi connectivity index (χ2v) is 7.48. The standard InChI is InChI=1S/C16H22N2O4S/c1-8-3-4-10-11(5-8)23-16(14(10)15(17)22)18-12(19)6-9(2)7-13(20)21/h8-9H,3-7H2,1-2H3,(H2,17,22)(H,18,19)(H,20,21)/t8-,9-/m1/s1. The second kappa shape index (κ2) is 7.12. The SMILES string of the molecule is C[C@@H]1CCc2c(sc(NC(=O)C[C@@H](C)CC(=O)O)c2C(N)=O)C1. The predicted molar refractivity (Wildman–Crippen MR) is 88.7 cm³/mol. The number of aliphatic carboxylic acids is 1. The van der Waals surface area contributed by atoms with E-state index in [4.69, 9.17) is 10.8 Å².